The van der Waals surface area contributed by atoms with Crippen LogP contribution in [0.1, 0.15) is 49.3 Å². The van der Waals surface area contributed by atoms with Crippen molar-refractivity contribution in [1.29, 1.82) is 0 Å². The van der Waals surface area contributed by atoms with E-state index in [1.807, 2.05) is 32.9 Å². The van der Waals surface area contributed by atoms with Gasteiger partial charge in [0.15, 0.2) is 5.78 Å². The predicted octanol–water partition coefficient (Wildman–Crippen LogP) is 4.64. The molecule has 1 aromatic rings. The first-order valence-electron chi connectivity index (χ1n) is 5.56. The molecule has 1 heterocycles. The summed E-state index contributed by atoms with van der Waals surface area (Å²) in [5.74, 6) is -0.0948. The van der Waals surface area contributed by atoms with Gasteiger partial charge in [-0.25, -0.2) is 0 Å². The van der Waals surface area contributed by atoms with Gasteiger partial charge in [0.1, 0.15) is 0 Å². The Labute approximate surface area is 108 Å². The van der Waals surface area contributed by atoms with Crippen LogP contribution >= 0.6 is 11.6 Å². The number of hydrogen-bond donors (Lipinski definition) is 0. The minimum Gasteiger partial charge on any atom is -0.294 e. The van der Waals surface area contributed by atoms with E-state index >= 15 is 0 Å². The maximum absolute atomic E-state index is 11.2. The van der Waals surface area contributed by atoms with Crippen LogP contribution in [0.5, 0.6) is 0 Å². The highest BCUT2D eigenvalue weighted by atomic mass is 35.5. The van der Waals surface area contributed by atoms with E-state index in [4.69, 9.17) is 11.6 Å². The van der Waals surface area contributed by atoms with Gasteiger partial charge in [0, 0.05) is 11.8 Å². The average Bonchev–Trinajstić information content (AvgIpc) is 2.32. The number of carbonyl (C=O) groups is 1. The number of allylic oxidation sites excluding steroid dienone is 1. The van der Waals surface area contributed by atoms with Crippen LogP contribution in [0.3, 0.4) is 0 Å². The fraction of sp³-hybridized carbons (Fsp3) is 0.286. The Morgan fingerprint density at radius 1 is 1.47 bits per heavy atom. The molecule has 0 aromatic carbocycles. The van der Waals surface area contributed by atoms with Gasteiger partial charge in [0.05, 0.1) is 16.3 Å². The predicted molar refractivity (Wildman–Crippen MR) is 75.4 cm³/mol. The third-order valence-electron chi connectivity index (χ3n) is 1.99. The summed E-state index contributed by atoms with van der Waals surface area (Å²) in [7, 11) is 0. The van der Waals surface area contributed by atoms with Crippen molar-refractivity contribution in [3.63, 3.8) is 0 Å². The Hall–Kier alpha value is -1.41. The van der Waals surface area contributed by atoms with E-state index < -0.39 is 0 Å². The van der Waals surface area contributed by atoms with Gasteiger partial charge in [-0.3, -0.25) is 9.78 Å². The maximum Gasteiger partial charge on any atom is 0.162 e. The molecule has 0 radical (unpaired) electrons. The van der Waals surface area contributed by atoms with Crippen molar-refractivity contribution in [2.45, 2.75) is 27.7 Å². The number of ketones is 1. The van der Waals surface area contributed by atoms with E-state index in [0.29, 0.717) is 16.1 Å². The van der Waals surface area contributed by atoms with Crippen molar-refractivity contribution >= 4 is 29.5 Å². The minimum absolute atomic E-state index is 0.0948. The third-order valence-corrected chi connectivity index (χ3v) is 2.40. The Morgan fingerprint density at radius 3 is 2.47 bits per heavy atom. The lowest BCUT2D eigenvalue weighted by atomic mass is 10.1. The van der Waals surface area contributed by atoms with Crippen molar-refractivity contribution < 1.29 is 4.79 Å². The Bertz CT molecular complexity index is 436. The molecule has 0 atom stereocenters. The molecule has 0 saturated carbocycles. The molecular formula is C14H18ClNO. The molecule has 3 heteroatoms. The van der Waals surface area contributed by atoms with Gasteiger partial charge in [-0.1, -0.05) is 44.2 Å². The van der Waals surface area contributed by atoms with Gasteiger partial charge in [-0.05, 0) is 19.9 Å². The molecule has 0 aliphatic rings. The van der Waals surface area contributed by atoms with E-state index in [-0.39, 0.29) is 5.78 Å². The summed E-state index contributed by atoms with van der Waals surface area (Å²) in [5, 5.41) is 0.417. The normalized spacial score (nSPS) is 9.71. The molecule has 0 unspecified atom stereocenters. The molecule has 0 N–H and O–H groups in total. The van der Waals surface area contributed by atoms with Gasteiger partial charge < -0.3 is 0 Å². The van der Waals surface area contributed by atoms with Crippen LogP contribution < -0.4 is 0 Å². The van der Waals surface area contributed by atoms with Gasteiger partial charge in [-0.15, -0.1) is 0 Å². The summed E-state index contributed by atoms with van der Waals surface area (Å²) in [5.41, 5.74) is 1.85. The van der Waals surface area contributed by atoms with Crippen LogP contribution in [0, 0.1) is 0 Å². The van der Waals surface area contributed by atoms with Crippen LogP contribution in [0.25, 0.3) is 12.2 Å². The molecule has 0 saturated heterocycles. The van der Waals surface area contributed by atoms with Crippen LogP contribution in [-0.4, -0.2) is 10.8 Å². The first-order valence-corrected chi connectivity index (χ1v) is 5.94. The highest BCUT2D eigenvalue weighted by Gasteiger charge is 2.11. The van der Waals surface area contributed by atoms with Gasteiger partial charge in [-0.2, -0.15) is 0 Å². The minimum atomic E-state index is -0.0948. The third kappa shape index (κ3) is 3.82. The molecular weight excluding hydrogens is 234 g/mol. The lowest BCUT2D eigenvalue weighted by Crippen LogP contribution is -1.99. The highest BCUT2D eigenvalue weighted by molar-refractivity contribution is 6.35. The molecule has 17 heavy (non-hydrogen) atoms. The van der Waals surface area contributed by atoms with Gasteiger partial charge in [0.25, 0.3) is 0 Å². The number of aromatic nitrogens is 1. The summed E-state index contributed by atoms with van der Waals surface area (Å²) in [6, 6.07) is 0. The van der Waals surface area contributed by atoms with E-state index in [1.54, 1.807) is 6.08 Å². The molecule has 0 amide bonds. The molecule has 2 nitrogen and oxygen atoms in total. The number of carbonyl (C=O) groups excluding carboxylic acids is 1. The van der Waals surface area contributed by atoms with Crippen LogP contribution in [0.4, 0.5) is 0 Å². The van der Waals surface area contributed by atoms with Crippen molar-refractivity contribution in [2.75, 3.05) is 0 Å². The monoisotopic (exact) mass is 251 g/mol. The number of hydrogen-bond acceptors (Lipinski definition) is 2. The molecule has 92 valence electrons. The van der Waals surface area contributed by atoms with E-state index in [2.05, 4.69) is 11.6 Å². The molecule has 0 aliphatic carbocycles. The quantitative estimate of drug-likeness (QED) is 0.733. The molecule has 1 rings (SSSR count). The SMILES string of the molecule is C=Cc1c(/C=C\C)ncc(C(C)=O)c1Cl.CC. The Balaban J connectivity index is 0.00000121. The lowest BCUT2D eigenvalue weighted by molar-refractivity contribution is 0.101. The van der Waals surface area contributed by atoms with Crippen molar-refractivity contribution in [1.82, 2.24) is 4.98 Å². The Kier molecular flexibility index (Phi) is 7.15. The van der Waals surface area contributed by atoms with Crippen molar-refractivity contribution in [3.05, 3.63) is 40.7 Å². The molecule has 0 fully saturated rings. The molecule has 0 bridgehead atoms. The first kappa shape index (κ1) is 15.6. The lowest BCUT2D eigenvalue weighted by Gasteiger charge is -2.06. The first-order chi connectivity index (χ1) is 8.11. The fourth-order valence-electron chi connectivity index (χ4n) is 1.25. The zero-order valence-electron chi connectivity index (χ0n) is 10.7. The van der Waals surface area contributed by atoms with E-state index in [0.717, 1.165) is 5.69 Å². The van der Waals surface area contributed by atoms with Crippen molar-refractivity contribution in [3.8, 4) is 0 Å². The summed E-state index contributed by atoms with van der Waals surface area (Å²) in [6.45, 7) is 11.0. The maximum atomic E-state index is 11.2. The topological polar surface area (TPSA) is 30.0 Å². The van der Waals surface area contributed by atoms with Crippen molar-refractivity contribution in [2.24, 2.45) is 0 Å². The van der Waals surface area contributed by atoms with Crippen LogP contribution in [0.15, 0.2) is 18.9 Å². The zero-order valence-corrected chi connectivity index (χ0v) is 11.5. The average molecular weight is 252 g/mol. The van der Waals surface area contributed by atoms with E-state index in [1.165, 1.54) is 13.1 Å². The smallest absolute Gasteiger partial charge is 0.162 e. The molecule has 0 aliphatic heterocycles. The summed E-state index contributed by atoms with van der Waals surface area (Å²) in [4.78, 5) is 15.4. The number of rotatable bonds is 3. The standard InChI is InChI=1S/C12H12ClNO.C2H6/c1-4-6-11-9(5-2)12(13)10(7-14-11)8(3)15;1-2/h4-7H,2H2,1,3H3;1-2H3/b6-4-;. The highest BCUT2D eigenvalue weighted by Crippen LogP contribution is 2.25. The fourth-order valence-corrected chi connectivity index (χ4v) is 1.60. The largest absolute Gasteiger partial charge is 0.294 e. The van der Waals surface area contributed by atoms with E-state index in [9.17, 15) is 4.79 Å². The van der Waals surface area contributed by atoms with Crippen LogP contribution in [-0.2, 0) is 0 Å². The second-order valence-corrected chi connectivity index (χ2v) is 3.42. The summed E-state index contributed by atoms with van der Waals surface area (Å²) >= 11 is 6.08. The number of nitrogens with zero attached hydrogens (tertiary/aromatic N) is 1. The van der Waals surface area contributed by atoms with Crippen LogP contribution in [0.2, 0.25) is 5.02 Å². The second kappa shape index (κ2) is 7.80. The second-order valence-electron chi connectivity index (χ2n) is 3.05. The van der Waals surface area contributed by atoms with Gasteiger partial charge >= 0.3 is 0 Å². The molecule has 0 spiro atoms. The number of Topliss-reactive ketones (excluding diaryl/α,β-unsaturated/α-hetero) is 1. The van der Waals surface area contributed by atoms with Gasteiger partial charge in [0.2, 0.25) is 0 Å². The zero-order chi connectivity index (χ0) is 13.4. The summed E-state index contributed by atoms with van der Waals surface area (Å²) in [6.07, 6.45) is 6.79. The molecule has 1 aromatic heterocycles. The summed E-state index contributed by atoms with van der Waals surface area (Å²) < 4.78 is 0. The Morgan fingerprint density at radius 2 is 2.06 bits per heavy atom. The number of pyridine rings is 1. The number of halogens is 1.